The summed E-state index contributed by atoms with van der Waals surface area (Å²) in [4.78, 5) is 27.9. The lowest BCUT2D eigenvalue weighted by atomic mass is 10.1. The topological polar surface area (TPSA) is 76.4 Å². The van der Waals surface area contributed by atoms with Crippen molar-refractivity contribution in [3.8, 4) is 11.4 Å². The number of methoxy groups -OCH3 is 1. The first-order valence-corrected chi connectivity index (χ1v) is 14.1. The van der Waals surface area contributed by atoms with Gasteiger partial charge in [0.25, 0.3) is 5.91 Å². The number of carbonyl (C=O) groups is 1. The maximum absolute atomic E-state index is 13.5. The van der Waals surface area contributed by atoms with Gasteiger partial charge < -0.3 is 14.5 Å². The maximum atomic E-state index is 13.5. The Balaban J connectivity index is 1.37. The molecule has 5 aromatic rings. The van der Waals surface area contributed by atoms with E-state index in [0.29, 0.717) is 37.4 Å². The second-order valence-corrected chi connectivity index (χ2v) is 10.5. The molecule has 3 heterocycles. The van der Waals surface area contributed by atoms with Crippen molar-refractivity contribution in [3.63, 3.8) is 0 Å². The first-order chi connectivity index (χ1) is 20.0. The lowest BCUT2D eigenvalue weighted by Crippen LogP contribution is -2.35. The first-order valence-electron chi connectivity index (χ1n) is 14.1. The van der Waals surface area contributed by atoms with Crippen LogP contribution in [0.1, 0.15) is 39.4 Å². The van der Waals surface area contributed by atoms with Gasteiger partial charge in [0, 0.05) is 32.6 Å². The minimum Gasteiger partial charge on any atom is -0.496 e. The van der Waals surface area contributed by atoms with E-state index in [4.69, 9.17) is 19.8 Å². The fourth-order valence-electron chi connectivity index (χ4n) is 5.48. The van der Waals surface area contributed by atoms with Crippen LogP contribution in [0.5, 0.6) is 5.75 Å². The van der Waals surface area contributed by atoms with Gasteiger partial charge in [0.2, 0.25) is 0 Å². The van der Waals surface area contributed by atoms with Crippen LogP contribution in [-0.4, -0.2) is 63.8 Å². The highest BCUT2D eigenvalue weighted by Crippen LogP contribution is 2.30. The standard InChI is InChI=1S/C33H34N6O2/c1-23-14-16-25(17-15-23)22-29-34-31(30-24(2)36-39(32(30)35-29)26-10-5-4-6-11-26)37-18-9-19-38(21-20-37)33(40)27-12-7-8-13-28(27)41-3/h4-8,10-17H,9,18-22H2,1-3H3. The maximum Gasteiger partial charge on any atom is 0.257 e. The molecule has 208 valence electrons. The van der Waals surface area contributed by atoms with E-state index in [0.717, 1.165) is 52.6 Å². The minimum absolute atomic E-state index is 0.00901. The van der Waals surface area contributed by atoms with E-state index in [1.165, 1.54) is 5.56 Å². The molecule has 0 N–H and O–H groups in total. The number of hydrogen-bond acceptors (Lipinski definition) is 6. The molecule has 6 rings (SSSR count). The van der Waals surface area contributed by atoms with Gasteiger partial charge in [-0.3, -0.25) is 4.79 Å². The van der Waals surface area contributed by atoms with Crippen LogP contribution in [0.15, 0.2) is 78.9 Å². The Bertz CT molecular complexity index is 1680. The van der Waals surface area contributed by atoms with Gasteiger partial charge in [-0.05, 0) is 50.1 Å². The Labute approximate surface area is 240 Å². The number of fused-ring (bicyclic) bond motifs is 1. The van der Waals surface area contributed by atoms with Crippen LogP contribution >= 0.6 is 0 Å². The zero-order chi connectivity index (χ0) is 28.3. The molecule has 41 heavy (non-hydrogen) atoms. The molecule has 0 spiro atoms. The summed E-state index contributed by atoms with van der Waals surface area (Å²) < 4.78 is 7.38. The Morgan fingerprint density at radius 1 is 0.854 bits per heavy atom. The molecule has 1 aliphatic rings. The van der Waals surface area contributed by atoms with Crippen LogP contribution in [0.2, 0.25) is 0 Å². The number of amides is 1. The lowest BCUT2D eigenvalue weighted by Gasteiger charge is -2.24. The summed E-state index contributed by atoms with van der Waals surface area (Å²) in [5, 5.41) is 5.86. The van der Waals surface area contributed by atoms with E-state index in [2.05, 4.69) is 36.1 Å². The van der Waals surface area contributed by atoms with Gasteiger partial charge in [0.15, 0.2) is 5.65 Å². The molecular formula is C33H34N6O2. The van der Waals surface area contributed by atoms with Crippen molar-refractivity contribution >= 4 is 22.8 Å². The Morgan fingerprint density at radius 2 is 1.61 bits per heavy atom. The van der Waals surface area contributed by atoms with Gasteiger partial charge >= 0.3 is 0 Å². The number of rotatable bonds is 6. The molecule has 1 aliphatic heterocycles. The highest BCUT2D eigenvalue weighted by molar-refractivity contribution is 5.97. The molecule has 0 aliphatic carbocycles. The van der Waals surface area contributed by atoms with Crippen LogP contribution in [0.4, 0.5) is 5.82 Å². The monoisotopic (exact) mass is 546 g/mol. The van der Waals surface area contributed by atoms with Crippen LogP contribution in [0.3, 0.4) is 0 Å². The zero-order valence-electron chi connectivity index (χ0n) is 23.7. The number of carbonyl (C=O) groups excluding carboxylic acids is 1. The van der Waals surface area contributed by atoms with Crippen LogP contribution in [0.25, 0.3) is 16.7 Å². The molecular weight excluding hydrogens is 512 g/mol. The van der Waals surface area contributed by atoms with Crippen molar-refractivity contribution in [2.75, 3.05) is 38.2 Å². The summed E-state index contributed by atoms with van der Waals surface area (Å²) in [6, 6.07) is 26.0. The molecule has 8 nitrogen and oxygen atoms in total. The van der Waals surface area contributed by atoms with Gasteiger partial charge in [-0.2, -0.15) is 5.10 Å². The predicted molar refractivity (Wildman–Crippen MR) is 161 cm³/mol. The second-order valence-electron chi connectivity index (χ2n) is 10.5. The normalized spacial score (nSPS) is 13.8. The van der Waals surface area contributed by atoms with Crippen LogP contribution < -0.4 is 9.64 Å². The lowest BCUT2D eigenvalue weighted by molar-refractivity contribution is 0.0763. The fourth-order valence-corrected chi connectivity index (χ4v) is 5.48. The van der Waals surface area contributed by atoms with Crippen molar-refractivity contribution in [1.29, 1.82) is 0 Å². The number of ether oxygens (including phenoxy) is 1. The molecule has 1 amide bonds. The largest absolute Gasteiger partial charge is 0.496 e. The van der Waals surface area contributed by atoms with E-state index in [1.54, 1.807) is 7.11 Å². The molecule has 1 saturated heterocycles. The van der Waals surface area contributed by atoms with Crippen LogP contribution in [-0.2, 0) is 6.42 Å². The molecule has 8 heteroatoms. The SMILES string of the molecule is COc1ccccc1C(=O)N1CCCN(c2nc(Cc3ccc(C)cc3)nc3c2c(C)nn3-c2ccccc2)CC1. The summed E-state index contributed by atoms with van der Waals surface area (Å²) in [6.45, 7) is 6.80. The number of para-hydroxylation sites is 2. The van der Waals surface area contributed by atoms with Gasteiger partial charge in [-0.25, -0.2) is 14.6 Å². The van der Waals surface area contributed by atoms with E-state index in [1.807, 2.05) is 71.1 Å². The minimum atomic E-state index is -0.00901. The van der Waals surface area contributed by atoms with E-state index < -0.39 is 0 Å². The zero-order valence-corrected chi connectivity index (χ0v) is 23.7. The van der Waals surface area contributed by atoms with Crippen LogP contribution in [0, 0.1) is 13.8 Å². The van der Waals surface area contributed by atoms with Crippen molar-refractivity contribution in [2.45, 2.75) is 26.7 Å². The van der Waals surface area contributed by atoms with Crippen molar-refractivity contribution in [2.24, 2.45) is 0 Å². The number of nitrogens with zero attached hydrogens (tertiary/aromatic N) is 6. The van der Waals surface area contributed by atoms with Crippen molar-refractivity contribution in [3.05, 3.63) is 107 Å². The molecule has 3 aromatic carbocycles. The highest BCUT2D eigenvalue weighted by atomic mass is 16.5. The van der Waals surface area contributed by atoms with Gasteiger partial charge in [-0.15, -0.1) is 0 Å². The smallest absolute Gasteiger partial charge is 0.257 e. The number of hydrogen-bond donors (Lipinski definition) is 0. The summed E-state index contributed by atoms with van der Waals surface area (Å²) in [7, 11) is 1.60. The Kier molecular flexibility index (Phi) is 7.37. The van der Waals surface area contributed by atoms with Gasteiger partial charge in [0.05, 0.1) is 29.4 Å². The molecule has 0 atom stereocenters. The third-order valence-electron chi connectivity index (χ3n) is 7.63. The summed E-state index contributed by atoms with van der Waals surface area (Å²) in [5.41, 5.74) is 5.61. The third-order valence-corrected chi connectivity index (χ3v) is 7.63. The van der Waals surface area contributed by atoms with Gasteiger partial charge in [-0.1, -0.05) is 60.2 Å². The summed E-state index contributed by atoms with van der Waals surface area (Å²) >= 11 is 0. The molecule has 1 fully saturated rings. The highest BCUT2D eigenvalue weighted by Gasteiger charge is 2.26. The Morgan fingerprint density at radius 3 is 2.39 bits per heavy atom. The predicted octanol–water partition coefficient (Wildman–Crippen LogP) is 5.38. The average molecular weight is 547 g/mol. The van der Waals surface area contributed by atoms with E-state index >= 15 is 0 Å². The summed E-state index contributed by atoms with van der Waals surface area (Å²) in [5.74, 6) is 2.22. The summed E-state index contributed by atoms with van der Waals surface area (Å²) in [6.07, 6.45) is 1.44. The van der Waals surface area contributed by atoms with Gasteiger partial charge in [0.1, 0.15) is 17.4 Å². The first kappa shape index (κ1) is 26.5. The van der Waals surface area contributed by atoms with Crippen molar-refractivity contribution < 1.29 is 9.53 Å². The third kappa shape index (κ3) is 5.37. The molecule has 0 bridgehead atoms. The second kappa shape index (κ2) is 11.4. The number of aryl methyl sites for hydroxylation is 2. The fraction of sp³-hybridized carbons (Fsp3) is 0.273. The number of benzene rings is 3. The Hall–Kier alpha value is -4.72. The van der Waals surface area contributed by atoms with E-state index in [-0.39, 0.29) is 5.91 Å². The number of anilines is 1. The molecule has 2 aromatic heterocycles. The average Bonchev–Trinajstić information content (AvgIpc) is 3.16. The molecule has 0 unspecified atom stereocenters. The quantitative estimate of drug-likeness (QED) is 0.285. The molecule has 0 saturated carbocycles. The van der Waals surface area contributed by atoms with Crippen molar-refractivity contribution in [1.82, 2.24) is 24.6 Å². The number of aromatic nitrogens is 4. The van der Waals surface area contributed by atoms with E-state index in [9.17, 15) is 4.79 Å². The molecule has 0 radical (unpaired) electrons.